The molecule has 4 aliphatic rings. The average molecular weight is 618 g/mol. The number of aliphatic hydroxyl groups is 1. The first-order chi connectivity index (χ1) is 22.2. The first-order valence-electron chi connectivity index (χ1n) is 16.0. The Morgan fingerprint density at radius 1 is 0.826 bits per heavy atom. The molecule has 4 aliphatic heterocycles. The van der Waals surface area contributed by atoms with Crippen LogP contribution in [0.3, 0.4) is 0 Å². The Kier molecular flexibility index (Phi) is 7.45. The van der Waals surface area contributed by atoms with Crippen LogP contribution in [0, 0.1) is 25.7 Å². The molecular formula is C38H39N3O5. The number of likely N-dealkylation sites (tertiary alicyclic amines) is 1. The summed E-state index contributed by atoms with van der Waals surface area (Å²) in [5, 5.41) is 10.8. The number of ether oxygens (including phenoxy) is 1. The number of carbonyl (C=O) groups is 3. The Balaban J connectivity index is 1.38. The number of fused-ring (bicyclic) bond motifs is 2. The number of aryl methyl sites for hydroxylation is 2. The van der Waals surface area contributed by atoms with Crippen molar-refractivity contribution >= 4 is 29.1 Å². The number of nitrogens with zero attached hydrogens (tertiary/aromatic N) is 3. The number of rotatable bonds is 6. The summed E-state index contributed by atoms with van der Waals surface area (Å²) < 4.78 is 7.02. The molecular weight excluding hydrogens is 578 g/mol. The van der Waals surface area contributed by atoms with E-state index in [0.29, 0.717) is 13.0 Å². The van der Waals surface area contributed by atoms with E-state index >= 15 is 4.79 Å². The summed E-state index contributed by atoms with van der Waals surface area (Å²) in [6.45, 7) is 6.06. The SMILES string of the molecule is Cc1ccc(C)c(N2CC=C[C@]34O[C@]5(C)C=CCN(c6ccccc6)C(=O)[C@@H]5[C@H]3C(=O)N([C@@H](CO)Cc3ccccc3)C4C2=O)c1. The fraction of sp³-hybridized carbons (Fsp3) is 0.342. The van der Waals surface area contributed by atoms with Crippen molar-refractivity contribution in [1.82, 2.24) is 4.90 Å². The number of benzene rings is 3. The van der Waals surface area contributed by atoms with Gasteiger partial charge in [-0.3, -0.25) is 14.4 Å². The van der Waals surface area contributed by atoms with Crippen molar-refractivity contribution in [2.24, 2.45) is 11.8 Å². The highest BCUT2D eigenvalue weighted by atomic mass is 16.5. The Bertz CT molecular complexity index is 1740. The van der Waals surface area contributed by atoms with Crippen LogP contribution in [0.25, 0.3) is 0 Å². The number of hydrogen-bond acceptors (Lipinski definition) is 5. The highest BCUT2D eigenvalue weighted by molar-refractivity contribution is 6.08. The second kappa shape index (κ2) is 11.4. The monoisotopic (exact) mass is 617 g/mol. The molecule has 8 nitrogen and oxygen atoms in total. The predicted molar refractivity (Wildman–Crippen MR) is 176 cm³/mol. The van der Waals surface area contributed by atoms with Gasteiger partial charge in [-0.1, -0.05) is 85.0 Å². The maximum Gasteiger partial charge on any atom is 0.253 e. The lowest BCUT2D eigenvalue weighted by Gasteiger charge is -2.40. The van der Waals surface area contributed by atoms with Gasteiger partial charge in [0.15, 0.2) is 0 Å². The number of amides is 3. The van der Waals surface area contributed by atoms with E-state index in [0.717, 1.165) is 28.1 Å². The Morgan fingerprint density at radius 3 is 2.22 bits per heavy atom. The fourth-order valence-corrected chi connectivity index (χ4v) is 8.06. The van der Waals surface area contributed by atoms with Gasteiger partial charge in [0.2, 0.25) is 11.8 Å². The molecule has 46 heavy (non-hydrogen) atoms. The molecule has 0 aliphatic carbocycles. The third-order valence-electron chi connectivity index (χ3n) is 10.1. The van der Waals surface area contributed by atoms with Gasteiger partial charge >= 0.3 is 0 Å². The summed E-state index contributed by atoms with van der Waals surface area (Å²) in [7, 11) is 0. The molecule has 2 saturated heterocycles. The minimum atomic E-state index is -1.43. The Labute approximate surface area is 269 Å². The summed E-state index contributed by atoms with van der Waals surface area (Å²) in [4.78, 5) is 49.6. The highest BCUT2D eigenvalue weighted by Gasteiger charge is 2.75. The fourth-order valence-electron chi connectivity index (χ4n) is 8.06. The quantitative estimate of drug-likeness (QED) is 0.415. The molecule has 3 aromatic carbocycles. The van der Waals surface area contributed by atoms with Crippen molar-refractivity contribution in [2.45, 2.75) is 50.5 Å². The molecule has 3 aromatic rings. The summed E-state index contributed by atoms with van der Waals surface area (Å²) >= 11 is 0. The van der Waals surface area contributed by atoms with E-state index in [2.05, 4.69) is 0 Å². The van der Waals surface area contributed by atoms with Crippen molar-refractivity contribution in [1.29, 1.82) is 0 Å². The van der Waals surface area contributed by atoms with Crippen LogP contribution in [-0.2, 0) is 25.5 Å². The van der Waals surface area contributed by atoms with Crippen LogP contribution >= 0.6 is 0 Å². The van der Waals surface area contributed by atoms with Gasteiger partial charge in [-0.15, -0.1) is 0 Å². The summed E-state index contributed by atoms with van der Waals surface area (Å²) in [6, 6.07) is 23.2. The van der Waals surface area contributed by atoms with Gasteiger partial charge in [0, 0.05) is 24.5 Å². The molecule has 1 N–H and O–H groups in total. The largest absolute Gasteiger partial charge is 0.394 e. The van der Waals surface area contributed by atoms with E-state index in [-0.39, 0.29) is 30.9 Å². The lowest BCUT2D eigenvalue weighted by atomic mass is 9.74. The lowest BCUT2D eigenvalue weighted by molar-refractivity contribution is -0.148. The van der Waals surface area contributed by atoms with Crippen LogP contribution in [0.4, 0.5) is 11.4 Å². The molecule has 8 heteroatoms. The topological polar surface area (TPSA) is 90.4 Å². The van der Waals surface area contributed by atoms with Gasteiger partial charge in [0.1, 0.15) is 11.6 Å². The predicted octanol–water partition coefficient (Wildman–Crippen LogP) is 4.38. The van der Waals surface area contributed by atoms with Gasteiger partial charge in [0.25, 0.3) is 5.91 Å². The first kappa shape index (κ1) is 30.1. The zero-order valence-corrected chi connectivity index (χ0v) is 26.4. The molecule has 1 spiro atoms. The second-order valence-corrected chi connectivity index (χ2v) is 13.1. The molecule has 1 unspecified atom stereocenters. The van der Waals surface area contributed by atoms with Crippen LogP contribution in [0.2, 0.25) is 0 Å². The number of aliphatic hydroxyl groups excluding tert-OH is 1. The van der Waals surface area contributed by atoms with Crippen LogP contribution < -0.4 is 9.80 Å². The third kappa shape index (κ3) is 4.62. The molecule has 7 rings (SSSR count). The van der Waals surface area contributed by atoms with Crippen LogP contribution in [0.5, 0.6) is 0 Å². The van der Waals surface area contributed by atoms with Crippen LogP contribution in [-0.4, -0.2) is 70.7 Å². The molecule has 0 radical (unpaired) electrons. The standard InChI is InChI=1S/C38H39N3O5/c1-25-16-17-26(2)30(22-25)40-21-11-19-38-32(31-34(43)39(28-14-8-5-9-15-28)20-10-18-37(31,3)46-38)35(44)41(33(38)36(40)45)29(24-42)23-27-12-6-4-7-13-27/h4-19,22,29,31-33,42H,20-21,23-24H2,1-3H3/t29-,31+,32+,33?,37-,38+/m1/s1. The minimum absolute atomic E-state index is 0.227. The normalized spacial score (nSPS) is 29.3. The van der Waals surface area contributed by atoms with E-state index in [9.17, 15) is 14.7 Å². The van der Waals surface area contributed by atoms with E-state index in [1.54, 1.807) is 14.7 Å². The van der Waals surface area contributed by atoms with Crippen molar-refractivity contribution in [3.8, 4) is 0 Å². The van der Waals surface area contributed by atoms with Gasteiger partial charge in [0.05, 0.1) is 30.1 Å². The Morgan fingerprint density at radius 2 is 1.50 bits per heavy atom. The smallest absolute Gasteiger partial charge is 0.253 e. The van der Waals surface area contributed by atoms with Crippen molar-refractivity contribution in [3.05, 3.63) is 120 Å². The number of para-hydroxylation sites is 1. The molecule has 236 valence electrons. The maximum atomic E-state index is 15.0. The molecule has 0 saturated carbocycles. The van der Waals surface area contributed by atoms with Gasteiger partial charge < -0.3 is 24.5 Å². The second-order valence-electron chi connectivity index (χ2n) is 13.1. The molecule has 0 aromatic heterocycles. The maximum absolute atomic E-state index is 15.0. The van der Waals surface area contributed by atoms with E-state index in [1.165, 1.54) is 0 Å². The zero-order chi connectivity index (χ0) is 32.2. The number of anilines is 2. The zero-order valence-electron chi connectivity index (χ0n) is 26.4. The molecule has 6 atom stereocenters. The molecule has 3 amide bonds. The summed E-state index contributed by atoms with van der Waals surface area (Å²) in [5.41, 5.74) is 1.79. The van der Waals surface area contributed by atoms with E-state index < -0.39 is 35.1 Å². The molecule has 2 fully saturated rings. The summed E-state index contributed by atoms with van der Waals surface area (Å²) in [5.74, 6) is -2.75. The van der Waals surface area contributed by atoms with Gasteiger partial charge in [-0.05, 0) is 62.1 Å². The molecule has 4 heterocycles. The highest BCUT2D eigenvalue weighted by Crippen LogP contribution is 2.58. The minimum Gasteiger partial charge on any atom is -0.394 e. The lowest BCUT2D eigenvalue weighted by Crippen LogP contribution is -2.59. The van der Waals surface area contributed by atoms with E-state index in [1.807, 2.05) is 124 Å². The van der Waals surface area contributed by atoms with E-state index in [4.69, 9.17) is 4.74 Å². The van der Waals surface area contributed by atoms with Gasteiger partial charge in [-0.2, -0.15) is 0 Å². The third-order valence-corrected chi connectivity index (χ3v) is 10.1. The number of hydrogen-bond donors (Lipinski definition) is 1. The average Bonchev–Trinajstić information content (AvgIpc) is 3.33. The van der Waals surface area contributed by atoms with Crippen LogP contribution in [0.15, 0.2) is 103 Å². The number of carbonyl (C=O) groups excluding carboxylic acids is 3. The summed E-state index contributed by atoms with van der Waals surface area (Å²) in [6.07, 6.45) is 7.89. The van der Waals surface area contributed by atoms with Gasteiger partial charge in [-0.25, -0.2) is 0 Å². The van der Waals surface area contributed by atoms with Crippen LogP contribution in [0.1, 0.15) is 23.6 Å². The molecule has 0 bridgehead atoms. The van der Waals surface area contributed by atoms with Crippen molar-refractivity contribution < 1.29 is 24.2 Å². The van der Waals surface area contributed by atoms with Crippen molar-refractivity contribution in [3.63, 3.8) is 0 Å². The first-order valence-corrected chi connectivity index (χ1v) is 16.0. The Hall–Kier alpha value is -4.53. The van der Waals surface area contributed by atoms with Crippen molar-refractivity contribution in [2.75, 3.05) is 29.5 Å².